The van der Waals surface area contributed by atoms with Gasteiger partial charge in [-0.1, -0.05) is 59.5 Å². The van der Waals surface area contributed by atoms with Crippen LogP contribution in [-0.4, -0.2) is 21.4 Å². The van der Waals surface area contributed by atoms with Crippen molar-refractivity contribution in [3.8, 4) is 23.0 Å². The number of hydrogen-bond donors (Lipinski definition) is 2. The van der Waals surface area contributed by atoms with Crippen molar-refractivity contribution in [2.75, 3.05) is 0 Å². The number of rotatable bonds is 8. The molecule has 0 aromatic heterocycles. The highest BCUT2D eigenvalue weighted by Crippen LogP contribution is 2.53. The topological polar surface area (TPSA) is 58.9 Å². The smallest absolute Gasteiger partial charge is 0.132 e. The number of aryl methyl sites for hydroxylation is 2. The zero-order valence-corrected chi connectivity index (χ0v) is 30.0. The van der Waals surface area contributed by atoms with E-state index in [9.17, 15) is 10.2 Å². The van der Waals surface area contributed by atoms with Gasteiger partial charge >= 0.3 is 0 Å². The highest BCUT2D eigenvalue weighted by molar-refractivity contribution is 5.82. The van der Waals surface area contributed by atoms with Gasteiger partial charge in [0.2, 0.25) is 0 Å². The molecule has 2 aromatic carbocycles. The molecule has 2 aromatic rings. The molecule has 46 heavy (non-hydrogen) atoms. The first-order valence-corrected chi connectivity index (χ1v) is 18.4. The minimum Gasteiger partial charge on any atom is -0.507 e. The maximum atomic E-state index is 10.7. The Bertz CT molecular complexity index is 1460. The number of hydrogen-bond acceptors (Lipinski definition) is 4. The molecule has 2 aliphatic carbocycles. The van der Waals surface area contributed by atoms with E-state index in [1.165, 1.54) is 79.2 Å². The molecule has 4 aliphatic rings. The maximum Gasteiger partial charge on any atom is 0.132 e. The summed E-state index contributed by atoms with van der Waals surface area (Å²) in [5.74, 6) is 4.20. The molecular formula is C42H60O4. The molecular weight excluding hydrogens is 568 g/mol. The number of phenols is 2. The molecule has 2 N–H and O–H groups in total. The average Bonchev–Trinajstić information content (AvgIpc) is 2.96. The van der Waals surface area contributed by atoms with E-state index < -0.39 is 0 Å². The number of phenolic OH excluding ortho intramolecular Hbond substituents is 2. The van der Waals surface area contributed by atoms with Crippen LogP contribution in [0.5, 0.6) is 23.0 Å². The first-order chi connectivity index (χ1) is 21.8. The van der Waals surface area contributed by atoms with Crippen LogP contribution in [0, 0.1) is 17.8 Å². The molecule has 0 bridgehead atoms. The van der Waals surface area contributed by atoms with E-state index in [-0.39, 0.29) is 11.2 Å². The van der Waals surface area contributed by atoms with Gasteiger partial charge < -0.3 is 19.7 Å². The van der Waals surface area contributed by atoms with Crippen molar-refractivity contribution in [3.05, 3.63) is 58.2 Å². The Kier molecular flexibility index (Phi) is 10.5. The van der Waals surface area contributed by atoms with Crippen molar-refractivity contribution in [1.82, 2.24) is 0 Å². The zero-order chi connectivity index (χ0) is 33.2. The minimum absolute atomic E-state index is 0.201. The summed E-state index contributed by atoms with van der Waals surface area (Å²) in [5.41, 5.74) is 7.86. The van der Waals surface area contributed by atoms with Crippen LogP contribution in [0.15, 0.2) is 35.9 Å². The molecule has 3 atom stereocenters. The van der Waals surface area contributed by atoms with Crippen molar-refractivity contribution in [1.29, 1.82) is 0 Å². The molecule has 0 amide bonds. The quantitative estimate of drug-likeness (QED) is 0.286. The lowest BCUT2D eigenvalue weighted by Gasteiger charge is -2.44. The lowest BCUT2D eigenvalue weighted by atomic mass is 9.70. The number of ether oxygens (including phenoxy) is 2. The van der Waals surface area contributed by atoms with Crippen molar-refractivity contribution in [2.45, 2.75) is 150 Å². The lowest BCUT2D eigenvalue weighted by molar-refractivity contribution is 0.0510. The molecule has 4 heteroatoms. The van der Waals surface area contributed by atoms with Crippen molar-refractivity contribution in [3.63, 3.8) is 0 Å². The van der Waals surface area contributed by atoms with Crippen LogP contribution in [0.4, 0.5) is 0 Å². The summed E-state index contributed by atoms with van der Waals surface area (Å²) in [7, 11) is 0. The van der Waals surface area contributed by atoms with Gasteiger partial charge in [0.25, 0.3) is 0 Å². The van der Waals surface area contributed by atoms with Gasteiger partial charge in [-0.05, 0) is 149 Å². The van der Waals surface area contributed by atoms with Crippen molar-refractivity contribution < 1.29 is 19.7 Å². The van der Waals surface area contributed by atoms with E-state index in [2.05, 4.69) is 73.6 Å². The van der Waals surface area contributed by atoms with Gasteiger partial charge in [0, 0.05) is 5.92 Å². The summed E-state index contributed by atoms with van der Waals surface area (Å²) < 4.78 is 12.7. The van der Waals surface area contributed by atoms with E-state index in [0.717, 1.165) is 54.7 Å². The number of benzene rings is 2. The Hall–Kier alpha value is -2.88. The predicted octanol–water partition coefficient (Wildman–Crippen LogP) is 11.6. The van der Waals surface area contributed by atoms with Crippen LogP contribution in [0.2, 0.25) is 0 Å². The minimum atomic E-state index is -0.253. The van der Waals surface area contributed by atoms with Crippen LogP contribution in [0.1, 0.15) is 148 Å². The first-order valence-electron chi connectivity index (χ1n) is 18.4. The molecule has 6 rings (SSSR count). The summed E-state index contributed by atoms with van der Waals surface area (Å²) in [6.45, 7) is 17.7. The van der Waals surface area contributed by atoms with E-state index in [1.54, 1.807) is 0 Å². The fourth-order valence-electron chi connectivity index (χ4n) is 8.31. The summed E-state index contributed by atoms with van der Waals surface area (Å²) in [4.78, 5) is 0. The van der Waals surface area contributed by atoms with E-state index in [4.69, 9.17) is 9.47 Å². The summed E-state index contributed by atoms with van der Waals surface area (Å²) in [5, 5.41) is 21.3. The Morgan fingerprint density at radius 1 is 0.739 bits per heavy atom. The Balaban J connectivity index is 0.000000181. The maximum absolute atomic E-state index is 10.7. The number of unbranched alkanes of at least 4 members (excludes halogenated alkanes) is 4. The summed E-state index contributed by atoms with van der Waals surface area (Å²) in [6.07, 6.45) is 17.3. The number of fused-ring (bicyclic) bond motifs is 5. The fraction of sp³-hybridized carbons (Fsp3) is 0.619. The van der Waals surface area contributed by atoms with Gasteiger partial charge in [-0.2, -0.15) is 0 Å². The normalized spacial score (nSPS) is 23.7. The second-order valence-corrected chi connectivity index (χ2v) is 15.7. The molecule has 0 fully saturated rings. The van der Waals surface area contributed by atoms with Gasteiger partial charge in [-0.15, -0.1) is 0 Å². The van der Waals surface area contributed by atoms with Crippen LogP contribution in [0.25, 0.3) is 11.1 Å². The lowest BCUT2D eigenvalue weighted by Crippen LogP contribution is -2.42. The highest BCUT2D eigenvalue weighted by atomic mass is 16.5. The standard InChI is InChI=1S/2C21H30O2/c2*1-5-6-7-8-15-12-18(22)20-16-11-14(2)9-10-17(16)21(3,4)23-19(20)13-15/h12-14,22H,5-11H2,1-4H3;11-14,17,22H,5-10H2,1-4H3/t14-;14-,17+/m00/s1. The molecule has 4 nitrogen and oxygen atoms in total. The second-order valence-electron chi connectivity index (χ2n) is 15.7. The van der Waals surface area contributed by atoms with Gasteiger partial charge in [0.05, 0.1) is 11.1 Å². The molecule has 0 saturated carbocycles. The first kappa shape index (κ1) is 34.5. The van der Waals surface area contributed by atoms with Gasteiger partial charge in [-0.25, -0.2) is 0 Å². The van der Waals surface area contributed by atoms with Gasteiger partial charge in [-0.3, -0.25) is 0 Å². The Labute approximate surface area is 279 Å². The third-order valence-corrected chi connectivity index (χ3v) is 10.9. The predicted molar refractivity (Wildman–Crippen MR) is 192 cm³/mol. The van der Waals surface area contributed by atoms with E-state index in [1.807, 2.05) is 12.1 Å². The van der Waals surface area contributed by atoms with Crippen molar-refractivity contribution >= 4 is 11.1 Å². The SMILES string of the molecule is CCCCCc1cc(O)c2c(c1)OC(C)(C)C1=C2C[C@@H](C)CC1.CCCCCc1cc(O)c2c(c1)OC(C)(C)[C@@H]1CC[C@H](C)C=C21. The third kappa shape index (κ3) is 7.32. The second kappa shape index (κ2) is 14.1. The molecule has 0 unspecified atom stereocenters. The molecule has 0 saturated heterocycles. The fourth-order valence-corrected chi connectivity index (χ4v) is 8.31. The summed E-state index contributed by atoms with van der Waals surface area (Å²) >= 11 is 0. The van der Waals surface area contributed by atoms with E-state index >= 15 is 0 Å². The molecule has 0 radical (unpaired) electrons. The van der Waals surface area contributed by atoms with Crippen LogP contribution in [-0.2, 0) is 12.8 Å². The van der Waals surface area contributed by atoms with Crippen LogP contribution in [0.3, 0.4) is 0 Å². The number of aromatic hydroxyl groups is 2. The van der Waals surface area contributed by atoms with E-state index in [0.29, 0.717) is 29.3 Å². The van der Waals surface area contributed by atoms with Gasteiger partial charge in [0.1, 0.15) is 34.2 Å². The van der Waals surface area contributed by atoms with Crippen LogP contribution < -0.4 is 9.47 Å². The largest absolute Gasteiger partial charge is 0.507 e. The Morgan fingerprint density at radius 3 is 1.93 bits per heavy atom. The average molecular weight is 629 g/mol. The Morgan fingerprint density at radius 2 is 1.33 bits per heavy atom. The third-order valence-electron chi connectivity index (χ3n) is 10.9. The van der Waals surface area contributed by atoms with Gasteiger partial charge in [0.15, 0.2) is 0 Å². The monoisotopic (exact) mass is 628 g/mol. The zero-order valence-electron chi connectivity index (χ0n) is 30.0. The molecule has 2 heterocycles. The highest BCUT2D eigenvalue weighted by Gasteiger charge is 2.43. The van der Waals surface area contributed by atoms with Crippen molar-refractivity contribution in [2.24, 2.45) is 17.8 Å². The number of allylic oxidation sites excluding steroid dienone is 2. The molecule has 0 spiro atoms. The molecule has 252 valence electrons. The van der Waals surface area contributed by atoms with Crippen LogP contribution >= 0.6 is 0 Å². The molecule has 2 aliphatic heterocycles. The summed E-state index contributed by atoms with van der Waals surface area (Å²) in [6, 6.07) is 8.23.